The zero-order valence-corrected chi connectivity index (χ0v) is 11.8. The quantitative estimate of drug-likeness (QED) is 0.909. The second-order valence-corrected chi connectivity index (χ2v) is 8.95. The Morgan fingerprint density at radius 1 is 1.25 bits per heavy atom. The Balaban J connectivity index is 2.20. The van der Waals surface area contributed by atoms with E-state index < -0.39 is 9.84 Å². The summed E-state index contributed by atoms with van der Waals surface area (Å²) in [5, 5.41) is 9.05. The molecule has 3 nitrogen and oxygen atoms in total. The number of halogens is 1. The van der Waals surface area contributed by atoms with Gasteiger partial charge >= 0.3 is 0 Å². The summed E-state index contributed by atoms with van der Waals surface area (Å²) >= 11 is 4.53. The van der Waals surface area contributed by atoms with Crippen LogP contribution in [-0.2, 0) is 9.84 Å². The van der Waals surface area contributed by atoms with E-state index in [4.69, 9.17) is 0 Å². The molecule has 0 spiro atoms. The van der Waals surface area contributed by atoms with Gasteiger partial charge in [-0.3, -0.25) is 0 Å². The lowest BCUT2D eigenvalue weighted by atomic mass is 9.97. The van der Waals surface area contributed by atoms with Gasteiger partial charge in [0, 0.05) is 0 Å². The van der Waals surface area contributed by atoms with Gasteiger partial charge in [-0.2, -0.15) is 0 Å². The SMILES string of the molecule is O=S(=O)(c1ccc(Br)s1)C1CCC(O)CC1. The zero-order chi connectivity index (χ0) is 11.8. The first kappa shape index (κ1) is 12.5. The van der Waals surface area contributed by atoms with E-state index in [-0.39, 0.29) is 11.4 Å². The molecule has 0 bridgehead atoms. The molecule has 0 aromatic carbocycles. The van der Waals surface area contributed by atoms with Crippen molar-refractivity contribution in [2.24, 2.45) is 0 Å². The van der Waals surface area contributed by atoms with Crippen molar-refractivity contribution in [2.75, 3.05) is 0 Å². The largest absolute Gasteiger partial charge is 0.393 e. The number of aliphatic hydroxyl groups is 1. The smallest absolute Gasteiger partial charge is 0.190 e. The molecule has 1 fully saturated rings. The van der Waals surface area contributed by atoms with Crippen LogP contribution in [0.5, 0.6) is 0 Å². The fraction of sp³-hybridized carbons (Fsp3) is 0.600. The zero-order valence-electron chi connectivity index (χ0n) is 8.60. The summed E-state index contributed by atoms with van der Waals surface area (Å²) in [5.74, 6) is 0. The van der Waals surface area contributed by atoms with Crippen molar-refractivity contribution in [1.29, 1.82) is 0 Å². The second-order valence-electron chi connectivity index (χ2n) is 4.03. The summed E-state index contributed by atoms with van der Waals surface area (Å²) in [6, 6.07) is 3.41. The van der Waals surface area contributed by atoms with E-state index in [0.29, 0.717) is 29.9 Å². The average molecular weight is 325 g/mol. The molecule has 0 unspecified atom stereocenters. The van der Waals surface area contributed by atoms with Crippen LogP contribution in [0.3, 0.4) is 0 Å². The molecule has 1 aliphatic rings. The van der Waals surface area contributed by atoms with Crippen LogP contribution in [0.15, 0.2) is 20.1 Å². The molecule has 6 heteroatoms. The van der Waals surface area contributed by atoms with Gasteiger partial charge in [0.1, 0.15) is 4.21 Å². The van der Waals surface area contributed by atoms with E-state index in [1.54, 1.807) is 12.1 Å². The number of hydrogen-bond acceptors (Lipinski definition) is 4. The van der Waals surface area contributed by atoms with Gasteiger partial charge in [-0.15, -0.1) is 11.3 Å². The molecule has 16 heavy (non-hydrogen) atoms. The number of hydrogen-bond donors (Lipinski definition) is 1. The maximum Gasteiger partial charge on any atom is 0.190 e. The highest BCUT2D eigenvalue weighted by molar-refractivity contribution is 9.11. The van der Waals surface area contributed by atoms with Gasteiger partial charge in [0.05, 0.1) is 15.1 Å². The molecular weight excluding hydrogens is 312 g/mol. The molecule has 1 heterocycles. The Morgan fingerprint density at radius 3 is 2.38 bits per heavy atom. The van der Waals surface area contributed by atoms with Gasteiger partial charge in [-0.1, -0.05) is 0 Å². The first-order valence-electron chi connectivity index (χ1n) is 5.17. The van der Waals surface area contributed by atoms with Crippen LogP contribution >= 0.6 is 27.3 Å². The number of rotatable bonds is 2. The third kappa shape index (κ3) is 2.50. The first-order valence-corrected chi connectivity index (χ1v) is 8.33. The molecule has 1 N–H and O–H groups in total. The minimum absolute atomic E-state index is 0.318. The molecule has 2 rings (SSSR count). The van der Waals surface area contributed by atoms with Gasteiger partial charge in [-0.25, -0.2) is 8.42 Å². The number of sulfone groups is 1. The summed E-state index contributed by atoms with van der Waals surface area (Å²) in [7, 11) is -3.19. The molecular formula is C10H13BrO3S2. The van der Waals surface area contributed by atoms with Gasteiger partial charge < -0.3 is 5.11 Å². The second kappa shape index (κ2) is 4.76. The third-order valence-corrected chi connectivity index (χ3v) is 7.32. The lowest BCUT2D eigenvalue weighted by Crippen LogP contribution is -2.28. The van der Waals surface area contributed by atoms with Crippen LogP contribution in [-0.4, -0.2) is 24.9 Å². The van der Waals surface area contributed by atoms with E-state index in [1.807, 2.05) is 0 Å². The maximum absolute atomic E-state index is 12.2. The lowest BCUT2D eigenvalue weighted by molar-refractivity contribution is 0.131. The Labute approximate surface area is 108 Å². The van der Waals surface area contributed by atoms with Crippen molar-refractivity contribution < 1.29 is 13.5 Å². The highest BCUT2D eigenvalue weighted by Crippen LogP contribution is 2.33. The van der Waals surface area contributed by atoms with Crippen LogP contribution in [0.25, 0.3) is 0 Å². The van der Waals surface area contributed by atoms with Gasteiger partial charge in [0.2, 0.25) is 0 Å². The van der Waals surface area contributed by atoms with Gasteiger partial charge in [-0.05, 0) is 53.7 Å². The Kier molecular flexibility index (Phi) is 3.73. The summed E-state index contributed by atoms with van der Waals surface area (Å²) in [6.45, 7) is 0. The Morgan fingerprint density at radius 2 is 1.88 bits per heavy atom. The molecule has 90 valence electrons. The summed E-state index contributed by atoms with van der Waals surface area (Å²) in [4.78, 5) is 0. The monoisotopic (exact) mass is 324 g/mol. The minimum atomic E-state index is -3.19. The summed E-state index contributed by atoms with van der Waals surface area (Å²) < 4.78 is 25.7. The summed E-state index contributed by atoms with van der Waals surface area (Å²) in [5.41, 5.74) is 0. The molecule has 0 atom stereocenters. The third-order valence-electron chi connectivity index (χ3n) is 2.91. The predicted octanol–water partition coefficient (Wildman–Crippen LogP) is 2.59. The molecule has 0 saturated heterocycles. The summed E-state index contributed by atoms with van der Waals surface area (Å²) in [6.07, 6.45) is 2.01. The van der Waals surface area contributed by atoms with Crippen LogP contribution < -0.4 is 0 Å². The molecule has 1 saturated carbocycles. The Hall–Kier alpha value is 0.0900. The van der Waals surface area contributed by atoms with Crippen LogP contribution in [0, 0.1) is 0 Å². The molecule has 1 aliphatic carbocycles. The average Bonchev–Trinajstić information content (AvgIpc) is 2.66. The van der Waals surface area contributed by atoms with Crippen molar-refractivity contribution in [2.45, 2.75) is 41.2 Å². The number of aliphatic hydroxyl groups excluding tert-OH is 1. The van der Waals surface area contributed by atoms with E-state index >= 15 is 0 Å². The van der Waals surface area contributed by atoms with E-state index in [9.17, 15) is 13.5 Å². The van der Waals surface area contributed by atoms with E-state index in [2.05, 4.69) is 15.9 Å². The Bertz CT molecular complexity index is 458. The maximum atomic E-state index is 12.2. The molecule has 0 aliphatic heterocycles. The normalized spacial score (nSPS) is 26.9. The van der Waals surface area contributed by atoms with Gasteiger partial charge in [0.25, 0.3) is 0 Å². The van der Waals surface area contributed by atoms with Crippen molar-refractivity contribution in [3.8, 4) is 0 Å². The highest BCUT2D eigenvalue weighted by atomic mass is 79.9. The topological polar surface area (TPSA) is 54.4 Å². The molecule has 1 aromatic heterocycles. The molecule has 1 aromatic rings. The minimum Gasteiger partial charge on any atom is -0.393 e. The van der Waals surface area contributed by atoms with Crippen molar-refractivity contribution in [3.63, 3.8) is 0 Å². The van der Waals surface area contributed by atoms with Crippen LogP contribution in [0.4, 0.5) is 0 Å². The van der Waals surface area contributed by atoms with Crippen molar-refractivity contribution in [1.82, 2.24) is 0 Å². The predicted molar refractivity (Wildman–Crippen MR) is 67.5 cm³/mol. The fourth-order valence-electron chi connectivity index (χ4n) is 1.97. The number of thiophene rings is 1. The van der Waals surface area contributed by atoms with E-state index in [1.165, 1.54) is 11.3 Å². The van der Waals surface area contributed by atoms with Crippen molar-refractivity contribution in [3.05, 3.63) is 15.9 Å². The molecule has 0 amide bonds. The molecule has 0 radical (unpaired) electrons. The standard InChI is InChI=1S/C10H13BrO3S2/c11-9-5-6-10(15-9)16(13,14)8-3-1-7(12)2-4-8/h5-8,12H,1-4H2. The van der Waals surface area contributed by atoms with Crippen molar-refractivity contribution >= 4 is 37.1 Å². The van der Waals surface area contributed by atoms with Crippen LogP contribution in [0.2, 0.25) is 0 Å². The highest BCUT2D eigenvalue weighted by Gasteiger charge is 2.32. The van der Waals surface area contributed by atoms with E-state index in [0.717, 1.165) is 3.79 Å². The lowest BCUT2D eigenvalue weighted by Gasteiger charge is -2.24. The first-order chi connectivity index (χ1) is 7.50. The van der Waals surface area contributed by atoms with Crippen LogP contribution in [0.1, 0.15) is 25.7 Å². The fourth-order valence-corrected chi connectivity index (χ4v) is 6.03. The van der Waals surface area contributed by atoms with Gasteiger partial charge in [0.15, 0.2) is 9.84 Å².